The number of hydrogen-bond donors (Lipinski definition) is 0. The maximum Gasteiger partial charge on any atom is 0.239 e. The Bertz CT molecular complexity index is 461. The molecule has 0 spiro atoms. The van der Waals surface area contributed by atoms with Gasteiger partial charge in [-0.15, -0.1) is 0 Å². The molecule has 4 heteroatoms. The third-order valence-electron chi connectivity index (χ3n) is 1.77. The molecule has 0 aliphatic rings. The predicted octanol–water partition coefficient (Wildman–Crippen LogP) is 4.13. The lowest BCUT2D eigenvalue weighted by molar-refractivity contribution is 0.463. The topological polar surface area (TPSA) is 22.1 Å². The number of aromatic nitrogens is 1. The molecular weight excluding hydrogens is 324 g/mol. The summed E-state index contributed by atoms with van der Waals surface area (Å²) in [5.41, 5.74) is 0. The molecular formula is C11H7ClINO. The Hall–Kier alpha value is -0.810. The molecule has 0 N–H and O–H groups in total. The molecule has 76 valence electrons. The summed E-state index contributed by atoms with van der Waals surface area (Å²) in [7, 11) is 0. The van der Waals surface area contributed by atoms with Gasteiger partial charge in [0.15, 0.2) is 0 Å². The van der Waals surface area contributed by atoms with Crippen molar-refractivity contribution in [2.75, 3.05) is 0 Å². The zero-order chi connectivity index (χ0) is 10.7. The molecule has 2 nitrogen and oxygen atoms in total. The summed E-state index contributed by atoms with van der Waals surface area (Å²) in [5, 5.41) is 0.543. The van der Waals surface area contributed by atoms with Crippen LogP contribution in [0.15, 0.2) is 42.6 Å². The van der Waals surface area contributed by atoms with Crippen molar-refractivity contribution in [2.45, 2.75) is 0 Å². The smallest absolute Gasteiger partial charge is 0.239 e. The highest BCUT2D eigenvalue weighted by atomic mass is 127. The van der Waals surface area contributed by atoms with E-state index in [-0.39, 0.29) is 0 Å². The lowest BCUT2D eigenvalue weighted by atomic mass is 10.3. The maximum atomic E-state index is 6.05. The van der Waals surface area contributed by atoms with Gasteiger partial charge >= 0.3 is 0 Å². The van der Waals surface area contributed by atoms with E-state index in [1.54, 1.807) is 6.20 Å². The molecule has 0 aliphatic carbocycles. The van der Waals surface area contributed by atoms with Gasteiger partial charge < -0.3 is 4.74 Å². The number of halogens is 2. The van der Waals surface area contributed by atoms with Crippen molar-refractivity contribution in [3.8, 4) is 11.6 Å². The average Bonchev–Trinajstić information content (AvgIpc) is 2.26. The standard InChI is InChI=1S/C11H7ClINO/c12-10-9(13)6-7-14-11(10)15-8-4-2-1-3-5-8/h1-7H. The Morgan fingerprint density at radius 3 is 2.60 bits per heavy atom. The largest absolute Gasteiger partial charge is 0.438 e. The Morgan fingerprint density at radius 1 is 1.13 bits per heavy atom. The van der Waals surface area contributed by atoms with E-state index < -0.39 is 0 Å². The zero-order valence-electron chi connectivity index (χ0n) is 7.65. The maximum absolute atomic E-state index is 6.05. The van der Waals surface area contributed by atoms with E-state index in [4.69, 9.17) is 16.3 Å². The van der Waals surface area contributed by atoms with E-state index in [0.717, 1.165) is 9.32 Å². The number of pyridine rings is 1. The van der Waals surface area contributed by atoms with Crippen LogP contribution in [0.1, 0.15) is 0 Å². The summed E-state index contributed by atoms with van der Waals surface area (Å²) in [6.45, 7) is 0. The lowest BCUT2D eigenvalue weighted by Crippen LogP contribution is -1.89. The van der Waals surface area contributed by atoms with Gasteiger partial charge in [-0.3, -0.25) is 0 Å². The van der Waals surface area contributed by atoms with Crippen LogP contribution in [0.3, 0.4) is 0 Å². The van der Waals surface area contributed by atoms with Crippen molar-refractivity contribution in [2.24, 2.45) is 0 Å². The van der Waals surface area contributed by atoms with Crippen LogP contribution in [-0.2, 0) is 0 Å². The van der Waals surface area contributed by atoms with Crippen molar-refractivity contribution in [3.05, 3.63) is 51.2 Å². The number of ether oxygens (including phenoxy) is 1. The number of rotatable bonds is 2. The number of nitrogens with zero attached hydrogens (tertiary/aromatic N) is 1. The molecule has 1 aromatic carbocycles. The molecule has 2 aromatic rings. The highest BCUT2D eigenvalue weighted by Crippen LogP contribution is 2.30. The van der Waals surface area contributed by atoms with Crippen molar-refractivity contribution in [1.29, 1.82) is 0 Å². The van der Waals surface area contributed by atoms with Crippen LogP contribution in [0.4, 0.5) is 0 Å². The van der Waals surface area contributed by atoms with E-state index in [1.807, 2.05) is 36.4 Å². The molecule has 0 aliphatic heterocycles. The second-order valence-corrected chi connectivity index (χ2v) is 4.37. The molecule has 0 bridgehead atoms. The molecule has 0 saturated heterocycles. The van der Waals surface area contributed by atoms with Crippen LogP contribution in [-0.4, -0.2) is 4.98 Å². The van der Waals surface area contributed by atoms with Crippen molar-refractivity contribution >= 4 is 34.2 Å². The van der Waals surface area contributed by atoms with Gasteiger partial charge in [0.1, 0.15) is 10.8 Å². The van der Waals surface area contributed by atoms with E-state index in [0.29, 0.717) is 10.9 Å². The molecule has 2 rings (SSSR count). The van der Waals surface area contributed by atoms with Crippen molar-refractivity contribution in [1.82, 2.24) is 4.98 Å². The van der Waals surface area contributed by atoms with Crippen molar-refractivity contribution < 1.29 is 4.74 Å². The van der Waals surface area contributed by atoms with Gasteiger partial charge in [-0.25, -0.2) is 4.98 Å². The zero-order valence-corrected chi connectivity index (χ0v) is 10.6. The minimum atomic E-state index is 0.440. The van der Waals surface area contributed by atoms with Crippen molar-refractivity contribution in [3.63, 3.8) is 0 Å². The van der Waals surface area contributed by atoms with Gasteiger partial charge in [0.05, 0.1) is 0 Å². The lowest BCUT2D eigenvalue weighted by Gasteiger charge is -2.06. The Kier molecular flexibility index (Phi) is 3.43. The summed E-state index contributed by atoms with van der Waals surface area (Å²) in [6.07, 6.45) is 1.67. The molecule has 1 heterocycles. The minimum Gasteiger partial charge on any atom is -0.438 e. The van der Waals surface area contributed by atoms with E-state index >= 15 is 0 Å². The van der Waals surface area contributed by atoms with Crippen LogP contribution >= 0.6 is 34.2 Å². The highest BCUT2D eigenvalue weighted by molar-refractivity contribution is 14.1. The molecule has 0 atom stereocenters. The van der Waals surface area contributed by atoms with Crippen LogP contribution in [0.2, 0.25) is 5.02 Å². The Balaban J connectivity index is 2.29. The number of hydrogen-bond acceptors (Lipinski definition) is 2. The van der Waals surface area contributed by atoms with Gasteiger partial charge in [-0.1, -0.05) is 29.8 Å². The van der Waals surface area contributed by atoms with Gasteiger partial charge in [0.2, 0.25) is 5.88 Å². The molecule has 0 unspecified atom stereocenters. The first kappa shape index (κ1) is 10.7. The fourth-order valence-corrected chi connectivity index (χ4v) is 1.62. The Morgan fingerprint density at radius 2 is 1.87 bits per heavy atom. The SMILES string of the molecule is Clc1c(I)ccnc1Oc1ccccc1. The number of benzene rings is 1. The average molecular weight is 332 g/mol. The van der Waals surface area contributed by atoms with Gasteiger partial charge in [0.25, 0.3) is 0 Å². The van der Waals surface area contributed by atoms with E-state index in [2.05, 4.69) is 27.6 Å². The highest BCUT2D eigenvalue weighted by Gasteiger charge is 2.07. The normalized spacial score (nSPS) is 10.0. The van der Waals surface area contributed by atoms with E-state index in [9.17, 15) is 0 Å². The summed E-state index contributed by atoms with van der Waals surface area (Å²) >= 11 is 8.19. The fraction of sp³-hybridized carbons (Fsp3) is 0. The molecule has 0 fully saturated rings. The quantitative estimate of drug-likeness (QED) is 0.772. The number of para-hydroxylation sites is 1. The minimum absolute atomic E-state index is 0.440. The third-order valence-corrected chi connectivity index (χ3v) is 3.35. The van der Waals surface area contributed by atoms with Crippen LogP contribution < -0.4 is 4.74 Å². The summed E-state index contributed by atoms with van der Waals surface area (Å²) < 4.78 is 6.47. The van der Waals surface area contributed by atoms with Crippen LogP contribution in [0, 0.1) is 3.57 Å². The second-order valence-electron chi connectivity index (χ2n) is 2.83. The Labute approximate surface area is 106 Å². The van der Waals surface area contributed by atoms with Gasteiger partial charge in [-0.2, -0.15) is 0 Å². The van der Waals surface area contributed by atoms with Gasteiger partial charge in [0, 0.05) is 9.77 Å². The molecule has 15 heavy (non-hydrogen) atoms. The summed E-state index contributed by atoms with van der Waals surface area (Å²) in [6, 6.07) is 11.3. The first-order valence-electron chi connectivity index (χ1n) is 4.30. The fourth-order valence-electron chi connectivity index (χ4n) is 1.07. The summed E-state index contributed by atoms with van der Waals surface area (Å²) in [4.78, 5) is 4.08. The first-order chi connectivity index (χ1) is 7.27. The second kappa shape index (κ2) is 4.81. The first-order valence-corrected chi connectivity index (χ1v) is 5.76. The third kappa shape index (κ3) is 2.60. The monoisotopic (exact) mass is 331 g/mol. The van der Waals surface area contributed by atoms with Gasteiger partial charge in [-0.05, 0) is 40.8 Å². The van der Waals surface area contributed by atoms with Crippen LogP contribution in [0.25, 0.3) is 0 Å². The molecule has 1 aromatic heterocycles. The summed E-state index contributed by atoms with van der Waals surface area (Å²) in [5.74, 6) is 1.17. The predicted molar refractivity (Wildman–Crippen MR) is 68.5 cm³/mol. The molecule has 0 saturated carbocycles. The molecule has 0 radical (unpaired) electrons. The molecule has 0 amide bonds. The van der Waals surface area contributed by atoms with Crippen LogP contribution in [0.5, 0.6) is 11.6 Å². The van der Waals surface area contributed by atoms with E-state index in [1.165, 1.54) is 0 Å².